The number of phosphoric acid groups is 2. The summed E-state index contributed by atoms with van der Waals surface area (Å²) in [4.78, 5) is 41.1. The maximum Gasteiger partial charge on any atom is 0.488 e. The molecule has 1 aliphatic carbocycles. The van der Waals surface area contributed by atoms with Crippen LogP contribution in [0.25, 0.3) is 11.2 Å². The van der Waals surface area contributed by atoms with Crippen LogP contribution in [0.2, 0.25) is 0 Å². The summed E-state index contributed by atoms with van der Waals surface area (Å²) in [5.41, 5.74) is 4.83. The average molecular weight is 555 g/mol. The van der Waals surface area contributed by atoms with Gasteiger partial charge < -0.3 is 35.4 Å². The van der Waals surface area contributed by atoms with E-state index >= 15 is 0 Å². The van der Waals surface area contributed by atoms with Gasteiger partial charge in [-0.25, -0.2) is 28.4 Å². The molecule has 3 unspecified atom stereocenters. The van der Waals surface area contributed by atoms with E-state index < -0.39 is 60.0 Å². The molecule has 2 aromatic heterocycles. The number of ether oxygens (including phenoxy) is 1. The van der Waals surface area contributed by atoms with Gasteiger partial charge in [0.2, 0.25) is 0 Å². The first-order chi connectivity index (χ1) is 16.3. The lowest BCUT2D eigenvalue weighted by Crippen LogP contribution is -2.33. The van der Waals surface area contributed by atoms with Crippen LogP contribution in [-0.2, 0) is 31.6 Å². The number of fused-ring (bicyclic) bond motifs is 1. The summed E-state index contributed by atoms with van der Waals surface area (Å²) in [5, 5.41) is 20.7. The smallest absolute Gasteiger partial charge is 0.387 e. The SMILES string of the molecule is Nc1ncnc2c1ncn2[C@@H]1O[C@H](COP(=O)(O)OP(=O)(O)OP(=O)(O)C2C=CC=C2)[C@@H](O)[C@H]1O. The van der Waals surface area contributed by atoms with Crippen LogP contribution in [0.1, 0.15) is 6.23 Å². The van der Waals surface area contributed by atoms with Crippen molar-refractivity contribution in [3.8, 4) is 0 Å². The maximum atomic E-state index is 12.2. The van der Waals surface area contributed by atoms with Crippen molar-refractivity contribution in [2.24, 2.45) is 0 Å². The lowest BCUT2D eigenvalue weighted by atomic mass is 10.1. The third-order valence-corrected chi connectivity index (χ3v) is 9.92. The summed E-state index contributed by atoms with van der Waals surface area (Å²) in [5.74, 6) is 0.0584. The van der Waals surface area contributed by atoms with Gasteiger partial charge in [-0.1, -0.05) is 24.3 Å². The number of nitrogens with two attached hydrogens (primary N) is 1. The number of rotatable bonds is 9. The third-order valence-electron chi connectivity index (χ3n) is 4.93. The van der Waals surface area contributed by atoms with Crippen molar-refractivity contribution >= 4 is 40.2 Å². The number of nitrogens with zero attached hydrogens (tertiary/aromatic N) is 4. The van der Waals surface area contributed by atoms with Gasteiger partial charge >= 0.3 is 23.2 Å². The van der Waals surface area contributed by atoms with Crippen LogP contribution in [0.3, 0.4) is 0 Å². The molecule has 2 aliphatic rings. The summed E-state index contributed by atoms with van der Waals surface area (Å²) in [7, 11) is -15.8. The van der Waals surface area contributed by atoms with Crippen molar-refractivity contribution in [1.29, 1.82) is 0 Å². The zero-order valence-electron chi connectivity index (χ0n) is 17.4. The fourth-order valence-corrected chi connectivity index (χ4v) is 7.54. The van der Waals surface area contributed by atoms with E-state index in [0.717, 1.165) is 6.33 Å². The Balaban J connectivity index is 1.40. The van der Waals surface area contributed by atoms with Crippen LogP contribution in [0.4, 0.5) is 5.82 Å². The van der Waals surface area contributed by atoms with Gasteiger partial charge in [0.1, 0.15) is 30.2 Å². The average Bonchev–Trinajstić information content (AvgIpc) is 3.47. The fraction of sp³-hybridized carbons (Fsp3) is 0.400. The zero-order valence-corrected chi connectivity index (χ0v) is 20.0. The molecule has 7 atom stereocenters. The molecular formula is C15H20N5O12P3. The second-order valence-electron chi connectivity index (χ2n) is 7.35. The highest BCUT2D eigenvalue weighted by Gasteiger charge is 2.47. The lowest BCUT2D eigenvalue weighted by molar-refractivity contribution is -0.0503. The van der Waals surface area contributed by atoms with E-state index in [0.29, 0.717) is 0 Å². The summed E-state index contributed by atoms with van der Waals surface area (Å²) >= 11 is 0. The predicted octanol–water partition coefficient (Wildman–Crippen LogP) is -0.0417. The van der Waals surface area contributed by atoms with Gasteiger partial charge in [-0.3, -0.25) is 13.7 Å². The number of aliphatic hydroxyl groups excluding tert-OH is 2. The summed E-state index contributed by atoms with van der Waals surface area (Å²) < 4.78 is 55.9. The lowest BCUT2D eigenvalue weighted by Gasteiger charge is -2.21. The molecule has 4 rings (SSSR count). The van der Waals surface area contributed by atoms with E-state index in [4.69, 9.17) is 10.5 Å². The Bertz CT molecular complexity index is 1300. The van der Waals surface area contributed by atoms with E-state index in [2.05, 4.69) is 28.1 Å². The Morgan fingerprint density at radius 2 is 1.69 bits per heavy atom. The molecule has 0 amide bonds. The van der Waals surface area contributed by atoms with Gasteiger partial charge in [-0.15, -0.1) is 0 Å². The number of phosphoric ester groups is 1. The molecule has 0 saturated carbocycles. The normalized spacial score (nSPS) is 29.9. The van der Waals surface area contributed by atoms with Gasteiger partial charge in [0.05, 0.1) is 18.6 Å². The largest absolute Gasteiger partial charge is 0.488 e. The van der Waals surface area contributed by atoms with E-state index in [1.54, 1.807) is 0 Å². The first-order valence-corrected chi connectivity index (χ1v) is 14.3. The van der Waals surface area contributed by atoms with Gasteiger partial charge in [-0.2, -0.15) is 4.31 Å². The molecular weight excluding hydrogens is 535 g/mol. The molecule has 0 radical (unpaired) electrons. The van der Waals surface area contributed by atoms with Crippen LogP contribution < -0.4 is 5.73 Å². The molecule has 2 aromatic rings. The molecule has 192 valence electrons. The summed E-state index contributed by atoms with van der Waals surface area (Å²) in [6.07, 6.45) is 1.66. The minimum Gasteiger partial charge on any atom is -0.387 e. The minimum atomic E-state index is -5.57. The van der Waals surface area contributed by atoms with Gasteiger partial charge in [0.15, 0.2) is 17.7 Å². The molecule has 3 heterocycles. The van der Waals surface area contributed by atoms with Crippen molar-refractivity contribution in [2.45, 2.75) is 30.2 Å². The monoisotopic (exact) mass is 555 g/mol. The number of nitrogen functional groups attached to an aromatic ring is 1. The first-order valence-electron chi connectivity index (χ1n) is 9.64. The van der Waals surface area contributed by atoms with E-state index in [-0.39, 0.29) is 17.0 Å². The van der Waals surface area contributed by atoms with Crippen LogP contribution in [0.15, 0.2) is 37.0 Å². The first kappa shape index (κ1) is 26.2. The number of hydrogen-bond acceptors (Lipinski definition) is 13. The molecule has 1 fully saturated rings. The number of anilines is 1. The molecule has 20 heteroatoms. The van der Waals surface area contributed by atoms with Crippen LogP contribution in [0, 0.1) is 0 Å². The molecule has 1 saturated heterocycles. The minimum absolute atomic E-state index is 0.0584. The van der Waals surface area contributed by atoms with E-state index in [9.17, 15) is 38.6 Å². The Hall–Kier alpha value is -1.84. The van der Waals surface area contributed by atoms with Gasteiger partial charge in [0.25, 0.3) is 0 Å². The highest BCUT2D eigenvalue weighted by atomic mass is 31.3. The molecule has 7 N–H and O–H groups in total. The number of aliphatic hydroxyl groups is 2. The van der Waals surface area contributed by atoms with Crippen molar-refractivity contribution in [3.63, 3.8) is 0 Å². The van der Waals surface area contributed by atoms with Crippen molar-refractivity contribution < 1.29 is 56.5 Å². The number of hydrogen-bond donors (Lipinski definition) is 6. The topological polar surface area (TPSA) is 259 Å². The Morgan fingerprint density at radius 3 is 2.37 bits per heavy atom. The number of imidazole rings is 1. The quantitative estimate of drug-likeness (QED) is 0.222. The van der Waals surface area contributed by atoms with Crippen LogP contribution in [0.5, 0.6) is 0 Å². The second-order valence-corrected chi connectivity index (χ2v) is 12.5. The standard InChI is InChI=1S/C15H20N5O12P3/c16-13-10-14(18-6-17-13)20(7-19-10)15-12(22)11(21)9(30-15)5-29-34(25,26)32-35(27,28)31-33(23,24)8-3-1-2-4-8/h1-4,6-9,11-12,15,21-22H,5H2,(H,23,24)(H,25,26)(H,27,28)(H2,16,17,18)/t9-,11-,12-,15-/m1/s1. The molecule has 35 heavy (non-hydrogen) atoms. The van der Waals surface area contributed by atoms with Crippen molar-refractivity contribution in [3.05, 3.63) is 37.0 Å². The predicted molar refractivity (Wildman–Crippen MR) is 115 cm³/mol. The van der Waals surface area contributed by atoms with E-state index in [1.165, 1.54) is 35.2 Å². The molecule has 0 aromatic carbocycles. The highest BCUT2D eigenvalue weighted by molar-refractivity contribution is 7.68. The Labute approximate surface area is 196 Å². The van der Waals surface area contributed by atoms with Gasteiger partial charge in [0, 0.05) is 0 Å². The van der Waals surface area contributed by atoms with Gasteiger partial charge in [-0.05, 0) is 0 Å². The maximum absolute atomic E-state index is 12.2. The third kappa shape index (κ3) is 5.62. The highest BCUT2D eigenvalue weighted by Crippen LogP contribution is 2.69. The van der Waals surface area contributed by atoms with E-state index in [1.807, 2.05) is 0 Å². The Morgan fingerprint density at radius 1 is 1.00 bits per heavy atom. The van der Waals surface area contributed by atoms with Crippen LogP contribution >= 0.6 is 23.2 Å². The van der Waals surface area contributed by atoms with Crippen molar-refractivity contribution in [2.75, 3.05) is 12.3 Å². The molecule has 0 spiro atoms. The van der Waals surface area contributed by atoms with Crippen LogP contribution in [-0.4, -0.2) is 75.0 Å². The number of aromatic nitrogens is 4. The molecule has 1 aliphatic heterocycles. The molecule has 17 nitrogen and oxygen atoms in total. The van der Waals surface area contributed by atoms with Crippen molar-refractivity contribution in [1.82, 2.24) is 19.5 Å². The molecule has 0 bridgehead atoms. The summed E-state index contributed by atoms with van der Waals surface area (Å²) in [6, 6.07) is 0. The number of allylic oxidation sites excluding steroid dienone is 4. The zero-order chi connectivity index (χ0) is 25.6. The fourth-order valence-electron chi connectivity index (χ4n) is 3.33. The Kier molecular flexibility index (Phi) is 7.16. The summed E-state index contributed by atoms with van der Waals surface area (Å²) in [6.45, 7) is -0.906. The second kappa shape index (κ2) is 9.56.